The smallest absolute Gasteiger partial charge is 0.346 e. The van der Waals surface area contributed by atoms with E-state index < -0.39 is 10.4 Å². The molecular formula is C19H29N4O3S+. The lowest BCUT2D eigenvalue weighted by molar-refractivity contribution is 0.153. The molecule has 0 spiro atoms. The first kappa shape index (κ1) is 20.0. The third-order valence-electron chi connectivity index (χ3n) is 5.05. The molecule has 1 saturated heterocycles. The molecule has 148 valence electrons. The number of hydrogen-bond acceptors (Lipinski definition) is 5. The van der Waals surface area contributed by atoms with Crippen LogP contribution in [0.15, 0.2) is 33.7 Å². The largest absolute Gasteiger partial charge is 0.359 e. The van der Waals surface area contributed by atoms with Crippen LogP contribution in [0.2, 0.25) is 0 Å². The van der Waals surface area contributed by atoms with Crippen molar-refractivity contribution in [2.45, 2.75) is 31.6 Å². The summed E-state index contributed by atoms with van der Waals surface area (Å²) in [6.07, 6.45) is 2.06. The van der Waals surface area contributed by atoms with E-state index in [1.807, 2.05) is 12.1 Å². The van der Waals surface area contributed by atoms with Crippen LogP contribution in [0.25, 0.3) is 0 Å². The molecule has 1 unspecified atom stereocenters. The van der Waals surface area contributed by atoms with Crippen molar-refractivity contribution in [2.24, 2.45) is 0 Å². The van der Waals surface area contributed by atoms with Gasteiger partial charge in [0.05, 0.1) is 0 Å². The molecule has 1 atom stereocenters. The van der Waals surface area contributed by atoms with Gasteiger partial charge in [0.25, 0.3) is 0 Å². The Morgan fingerprint density at radius 1 is 1.19 bits per heavy atom. The summed E-state index contributed by atoms with van der Waals surface area (Å²) in [6, 6.07) is 7.31. The first-order valence-electron chi connectivity index (χ1n) is 9.32. The van der Waals surface area contributed by atoms with E-state index in [-0.39, 0.29) is 0 Å². The minimum absolute atomic E-state index is 0.352. The molecule has 0 radical (unpaired) electrons. The molecule has 1 aliphatic rings. The van der Waals surface area contributed by atoms with Gasteiger partial charge in [-0.25, -0.2) is 0 Å². The van der Waals surface area contributed by atoms with Crippen molar-refractivity contribution in [3.8, 4) is 0 Å². The second kappa shape index (κ2) is 8.52. The molecule has 8 heteroatoms. The number of piperazine rings is 1. The van der Waals surface area contributed by atoms with Gasteiger partial charge < -0.3 is 14.3 Å². The minimum atomic E-state index is -3.40. The van der Waals surface area contributed by atoms with Gasteiger partial charge in [0.15, 0.2) is 5.76 Å². The summed E-state index contributed by atoms with van der Waals surface area (Å²) in [4.78, 5) is 5.21. The molecule has 2 N–H and O–H groups in total. The number of benzene rings is 1. The summed E-state index contributed by atoms with van der Waals surface area (Å²) in [5, 5.41) is 3.80. The van der Waals surface area contributed by atoms with Crippen molar-refractivity contribution >= 4 is 16.1 Å². The van der Waals surface area contributed by atoms with Crippen molar-refractivity contribution in [3.63, 3.8) is 0 Å². The van der Waals surface area contributed by atoms with E-state index in [0.717, 1.165) is 45.6 Å². The van der Waals surface area contributed by atoms with Gasteiger partial charge in [-0.2, -0.15) is 9.27 Å². The Hall–Kier alpha value is -1.74. The number of likely N-dealkylation sites (N-methyl/N-ethyl adjacent to an activating group) is 1. The molecule has 1 aromatic carbocycles. The summed E-state index contributed by atoms with van der Waals surface area (Å²) < 4.78 is 30.8. The van der Waals surface area contributed by atoms with Gasteiger partial charge in [-0.1, -0.05) is 17.3 Å². The Kier molecular flexibility index (Phi) is 6.31. The van der Waals surface area contributed by atoms with Crippen LogP contribution in [-0.4, -0.2) is 59.3 Å². The molecule has 1 aromatic heterocycles. The van der Waals surface area contributed by atoms with E-state index in [4.69, 9.17) is 4.52 Å². The Labute approximate surface area is 162 Å². The number of nitrogens with zero attached hydrogens (tertiary/aromatic N) is 3. The highest BCUT2D eigenvalue weighted by molar-refractivity contribution is 7.99. The van der Waals surface area contributed by atoms with Crippen LogP contribution in [0.4, 0.5) is 5.69 Å². The first-order valence-corrected chi connectivity index (χ1v) is 10.8. The normalized spacial score (nSPS) is 18.4. The lowest BCUT2D eigenvalue weighted by Crippen LogP contribution is -2.44. The molecule has 1 fully saturated rings. The Balaban J connectivity index is 1.54. The van der Waals surface area contributed by atoms with Gasteiger partial charge in [-0.05, 0) is 62.2 Å². The molecule has 1 aliphatic heterocycles. The van der Waals surface area contributed by atoms with Gasteiger partial charge in [0, 0.05) is 26.2 Å². The highest BCUT2D eigenvalue weighted by Crippen LogP contribution is 2.26. The SMILES string of the molecule is Cc1noc(C)c1N[S+](=O)(O)c1ccc(CCCN2CCN(C)CC2)cc1. The summed E-state index contributed by atoms with van der Waals surface area (Å²) >= 11 is 0. The molecule has 0 amide bonds. The molecule has 2 heterocycles. The fraction of sp³-hybridized carbons (Fsp3) is 0.526. The van der Waals surface area contributed by atoms with E-state index in [0.29, 0.717) is 22.0 Å². The van der Waals surface area contributed by atoms with E-state index in [9.17, 15) is 8.76 Å². The van der Waals surface area contributed by atoms with Gasteiger partial charge >= 0.3 is 10.4 Å². The summed E-state index contributed by atoms with van der Waals surface area (Å²) in [6.45, 7) is 9.08. The molecule has 7 nitrogen and oxygen atoms in total. The van der Waals surface area contributed by atoms with Gasteiger partial charge in [0.1, 0.15) is 11.4 Å². The Morgan fingerprint density at radius 3 is 2.44 bits per heavy atom. The summed E-state index contributed by atoms with van der Waals surface area (Å²) in [7, 11) is -1.24. The van der Waals surface area contributed by atoms with Crippen LogP contribution < -0.4 is 4.72 Å². The average molecular weight is 394 g/mol. The van der Waals surface area contributed by atoms with Crippen LogP contribution in [0, 0.1) is 13.8 Å². The van der Waals surface area contributed by atoms with Crippen LogP contribution in [-0.2, 0) is 21.0 Å². The maximum absolute atomic E-state index is 12.7. The third-order valence-corrected chi connectivity index (χ3v) is 6.44. The standard InChI is InChI=1S/C19H28N4O3S/c1-15-19(16(2)26-20-15)21-27(24,25)18-8-6-17(7-9-18)5-4-10-23-13-11-22(3)12-14-23/h6-9H,4-5,10-14H2,1-3H3,(H-,21,24,25)/p+1. The average Bonchev–Trinajstić information content (AvgIpc) is 2.95. The second-order valence-corrected chi connectivity index (χ2v) is 8.95. The molecule has 2 aromatic rings. The molecule has 0 saturated carbocycles. The monoisotopic (exact) mass is 393 g/mol. The van der Waals surface area contributed by atoms with Crippen LogP contribution in [0.5, 0.6) is 0 Å². The molecule has 27 heavy (non-hydrogen) atoms. The number of hydrogen-bond donors (Lipinski definition) is 2. The highest BCUT2D eigenvalue weighted by Gasteiger charge is 2.32. The van der Waals surface area contributed by atoms with Crippen molar-refractivity contribution in [2.75, 3.05) is 44.5 Å². The lowest BCUT2D eigenvalue weighted by Gasteiger charge is -2.32. The summed E-state index contributed by atoms with van der Waals surface area (Å²) in [5.74, 6) is 0.495. The van der Waals surface area contributed by atoms with Crippen LogP contribution >= 0.6 is 0 Å². The minimum Gasteiger partial charge on any atom is -0.359 e. The van der Waals surface area contributed by atoms with E-state index in [1.54, 1.807) is 26.0 Å². The zero-order chi connectivity index (χ0) is 19.4. The van der Waals surface area contributed by atoms with E-state index in [1.165, 1.54) is 5.56 Å². The predicted molar refractivity (Wildman–Crippen MR) is 107 cm³/mol. The van der Waals surface area contributed by atoms with Crippen LogP contribution in [0.1, 0.15) is 23.4 Å². The number of aromatic nitrogens is 1. The second-order valence-electron chi connectivity index (χ2n) is 7.22. The Morgan fingerprint density at radius 2 is 1.85 bits per heavy atom. The Bertz CT molecular complexity index is 778. The quantitative estimate of drug-likeness (QED) is 0.704. The molecular weight excluding hydrogens is 364 g/mol. The topological polar surface area (TPSA) is 81.8 Å². The highest BCUT2D eigenvalue weighted by atomic mass is 32.3. The van der Waals surface area contributed by atoms with Crippen molar-refractivity contribution in [3.05, 3.63) is 41.3 Å². The molecule has 3 rings (SSSR count). The number of aryl methyl sites for hydroxylation is 3. The lowest BCUT2D eigenvalue weighted by atomic mass is 10.1. The maximum Gasteiger partial charge on any atom is 0.346 e. The molecule has 0 bridgehead atoms. The molecule has 0 aliphatic carbocycles. The van der Waals surface area contributed by atoms with E-state index in [2.05, 4.69) is 26.7 Å². The van der Waals surface area contributed by atoms with Gasteiger partial charge in [-0.15, -0.1) is 0 Å². The first-order chi connectivity index (χ1) is 12.8. The van der Waals surface area contributed by atoms with Crippen molar-refractivity contribution in [1.29, 1.82) is 0 Å². The van der Waals surface area contributed by atoms with E-state index >= 15 is 0 Å². The maximum atomic E-state index is 12.7. The zero-order valence-electron chi connectivity index (χ0n) is 16.3. The predicted octanol–water partition coefficient (Wildman–Crippen LogP) is 2.83. The van der Waals surface area contributed by atoms with Gasteiger partial charge in [0.2, 0.25) is 4.90 Å². The third kappa shape index (κ3) is 5.16. The van der Waals surface area contributed by atoms with Gasteiger partial charge in [-0.3, -0.25) is 0 Å². The van der Waals surface area contributed by atoms with Crippen LogP contribution in [0.3, 0.4) is 0 Å². The van der Waals surface area contributed by atoms with Crippen molar-refractivity contribution < 1.29 is 13.3 Å². The number of anilines is 1. The fourth-order valence-corrected chi connectivity index (χ4v) is 4.44. The fourth-order valence-electron chi connectivity index (χ4n) is 3.24. The number of nitrogens with one attached hydrogen (secondary N) is 1. The van der Waals surface area contributed by atoms with Crippen molar-refractivity contribution in [1.82, 2.24) is 15.0 Å². The number of rotatable bonds is 7. The zero-order valence-corrected chi connectivity index (χ0v) is 17.1. The summed E-state index contributed by atoms with van der Waals surface area (Å²) in [5.41, 5.74) is 2.22.